The van der Waals surface area contributed by atoms with Crippen LogP contribution in [0.25, 0.3) is 15.8 Å². The van der Waals surface area contributed by atoms with Crippen LogP contribution in [0.1, 0.15) is 33.1 Å². The normalized spacial score (nSPS) is 16.8. The predicted octanol–water partition coefficient (Wildman–Crippen LogP) is 4.58. The molecule has 0 radical (unpaired) electrons. The topological polar surface area (TPSA) is 50.2 Å². The number of nitrogens with zero attached hydrogens (tertiary/aromatic N) is 3. The Balaban J connectivity index is 1.34. The third kappa shape index (κ3) is 3.86. The number of carbonyl (C=O) groups is 1. The molecule has 0 saturated carbocycles. The van der Waals surface area contributed by atoms with Crippen LogP contribution in [0, 0.1) is 5.82 Å². The molecule has 1 amide bonds. The molecule has 31 heavy (non-hydrogen) atoms. The highest BCUT2D eigenvalue weighted by atomic mass is 32.1. The Kier molecular flexibility index (Phi) is 5.29. The minimum absolute atomic E-state index is 0.00442. The molecule has 0 bridgehead atoms. The van der Waals surface area contributed by atoms with Gasteiger partial charge in [-0.05, 0) is 54.2 Å². The van der Waals surface area contributed by atoms with Crippen LogP contribution in [0.2, 0.25) is 0 Å². The molecule has 1 N–H and O–H groups in total. The number of carbonyl (C=O) groups excluding carboxylic acids is 1. The number of likely N-dealkylation sites (tertiary alicyclic amines) is 1. The maximum atomic E-state index is 13.2. The zero-order valence-electron chi connectivity index (χ0n) is 17.2. The fourth-order valence-electron chi connectivity index (χ4n) is 4.40. The summed E-state index contributed by atoms with van der Waals surface area (Å²) < 4.78 is 16.1. The summed E-state index contributed by atoms with van der Waals surface area (Å²) in [6.07, 6.45) is 4.89. The fourth-order valence-corrected chi connectivity index (χ4v) is 5.64. The molecule has 0 spiro atoms. The minimum atomic E-state index is -0.253. The summed E-state index contributed by atoms with van der Waals surface area (Å²) in [5.41, 5.74) is 3.14. The summed E-state index contributed by atoms with van der Waals surface area (Å²) in [5.74, 6) is 0.0714. The molecule has 4 aromatic rings. The van der Waals surface area contributed by atoms with E-state index in [1.54, 1.807) is 35.2 Å². The second-order valence-corrected chi connectivity index (χ2v) is 8.96. The van der Waals surface area contributed by atoms with Crippen LogP contribution in [-0.4, -0.2) is 40.7 Å². The molecule has 5 rings (SSSR count). The Morgan fingerprint density at radius 2 is 2.03 bits per heavy atom. The van der Waals surface area contributed by atoms with Crippen LogP contribution < -0.4 is 5.32 Å². The van der Waals surface area contributed by atoms with Gasteiger partial charge in [0.1, 0.15) is 5.82 Å². The first-order valence-corrected chi connectivity index (χ1v) is 11.2. The number of rotatable bonds is 5. The summed E-state index contributed by atoms with van der Waals surface area (Å²) in [6, 6.07) is 14.6. The number of hydrogen-bond donors (Lipinski definition) is 1. The van der Waals surface area contributed by atoms with Crippen molar-refractivity contribution in [3.05, 3.63) is 82.7 Å². The molecule has 0 unspecified atom stereocenters. The van der Waals surface area contributed by atoms with Crippen LogP contribution in [0.5, 0.6) is 0 Å². The van der Waals surface area contributed by atoms with Gasteiger partial charge in [-0.1, -0.05) is 18.2 Å². The zero-order valence-corrected chi connectivity index (χ0v) is 18.0. The predicted molar refractivity (Wildman–Crippen MR) is 121 cm³/mol. The molecule has 158 valence electrons. The molecule has 0 aliphatic carbocycles. The van der Waals surface area contributed by atoms with Gasteiger partial charge in [-0.25, -0.2) is 9.07 Å². The average Bonchev–Trinajstić information content (AvgIpc) is 3.52. The minimum Gasteiger partial charge on any atom is -0.354 e. The van der Waals surface area contributed by atoms with E-state index in [-0.39, 0.29) is 11.7 Å². The van der Waals surface area contributed by atoms with Crippen molar-refractivity contribution < 1.29 is 9.18 Å². The highest BCUT2D eigenvalue weighted by molar-refractivity contribution is 7.21. The second-order valence-electron chi connectivity index (χ2n) is 7.91. The van der Waals surface area contributed by atoms with Crippen molar-refractivity contribution in [2.75, 3.05) is 20.1 Å². The van der Waals surface area contributed by atoms with Crippen LogP contribution in [0.4, 0.5) is 4.39 Å². The van der Waals surface area contributed by atoms with Gasteiger partial charge in [-0.15, -0.1) is 11.3 Å². The van der Waals surface area contributed by atoms with Crippen molar-refractivity contribution in [2.24, 2.45) is 0 Å². The van der Waals surface area contributed by atoms with E-state index in [9.17, 15) is 9.18 Å². The van der Waals surface area contributed by atoms with Gasteiger partial charge in [0.2, 0.25) is 0 Å². The molecule has 5 nitrogen and oxygen atoms in total. The van der Waals surface area contributed by atoms with E-state index in [1.165, 1.54) is 23.1 Å². The van der Waals surface area contributed by atoms with Crippen LogP contribution in [-0.2, 0) is 6.54 Å². The number of fused-ring (bicyclic) bond motifs is 1. The summed E-state index contributed by atoms with van der Waals surface area (Å²) >= 11 is 1.58. The SMILES string of the molecule is CNC(=O)c1sc2ccccc2c1[C@@H]1CCN(Cc2cnn(-c3ccc(F)cc3)c2)C1. The van der Waals surface area contributed by atoms with E-state index >= 15 is 0 Å². The molecule has 1 fully saturated rings. The number of nitrogens with one attached hydrogen (secondary N) is 1. The lowest BCUT2D eigenvalue weighted by Crippen LogP contribution is -2.21. The third-order valence-electron chi connectivity index (χ3n) is 5.88. The number of hydrogen-bond acceptors (Lipinski definition) is 4. The summed E-state index contributed by atoms with van der Waals surface area (Å²) in [7, 11) is 1.69. The summed E-state index contributed by atoms with van der Waals surface area (Å²) in [5, 5.41) is 8.43. The molecule has 1 atom stereocenters. The van der Waals surface area contributed by atoms with Gasteiger partial charge in [0, 0.05) is 42.5 Å². The molecule has 2 aromatic heterocycles. The number of amides is 1. The quantitative estimate of drug-likeness (QED) is 0.500. The first-order chi connectivity index (χ1) is 15.1. The van der Waals surface area contributed by atoms with E-state index in [0.29, 0.717) is 5.92 Å². The van der Waals surface area contributed by atoms with Crippen molar-refractivity contribution in [3.8, 4) is 5.69 Å². The van der Waals surface area contributed by atoms with Gasteiger partial charge in [0.25, 0.3) is 5.91 Å². The van der Waals surface area contributed by atoms with E-state index in [0.717, 1.165) is 46.9 Å². The molecule has 7 heteroatoms. The second kappa shape index (κ2) is 8.24. The van der Waals surface area contributed by atoms with Gasteiger partial charge in [0.05, 0.1) is 16.8 Å². The van der Waals surface area contributed by atoms with Crippen molar-refractivity contribution >= 4 is 27.3 Å². The lowest BCUT2D eigenvalue weighted by molar-refractivity contribution is 0.0966. The number of halogens is 1. The standard InChI is InChI=1S/C24H23FN4OS/c1-26-24(30)23-22(20-4-2-3-5-21(20)31-23)17-10-11-28(15-17)13-16-12-27-29(14-16)19-8-6-18(25)7-9-19/h2-9,12,14,17H,10-11,13,15H2,1H3,(H,26,30)/t17-/m1/s1. The lowest BCUT2D eigenvalue weighted by Gasteiger charge is -2.16. The maximum Gasteiger partial charge on any atom is 0.261 e. The monoisotopic (exact) mass is 434 g/mol. The van der Waals surface area contributed by atoms with Crippen LogP contribution in [0.3, 0.4) is 0 Å². The van der Waals surface area contributed by atoms with Crippen molar-refractivity contribution in [1.82, 2.24) is 20.0 Å². The fraction of sp³-hybridized carbons (Fsp3) is 0.250. The van der Waals surface area contributed by atoms with Gasteiger partial charge < -0.3 is 5.32 Å². The molecule has 1 aliphatic rings. The largest absolute Gasteiger partial charge is 0.354 e. The number of thiophene rings is 1. The molecule has 3 heterocycles. The Morgan fingerprint density at radius 1 is 1.23 bits per heavy atom. The van der Waals surface area contributed by atoms with Gasteiger partial charge in [-0.3, -0.25) is 9.69 Å². The Morgan fingerprint density at radius 3 is 2.84 bits per heavy atom. The molecular weight excluding hydrogens is 411 g/mol. The van der Waals surface area contributed by atoms with Crippen LogP contribution >= 0.6 is 11.3 Å². The number of aromatic nitrogens is 2. The van der Waals surface area contributed by atoms with Crippen molar-refractivity contribution in [3.63, 3.8) is 0 Å². The summed E-state index contributed by atoms with van der Waals surface area (Å²) in [4.78, 5) is 15.8. The Bertz CT molecular complexity index is 1230. The van der Waals surface area contributed by atoms with E-state index in [4.69, 9.17) is 0 Å². The van der Waals surface area contributed by atoms with E-state index in [2.05, 4.69) is 27.4 Å². The number of benzene rings is 2. The first kappa shape index (κ1) is 19.9. The zero-order chi connectivity index (χ0) is 21.4. The summed E-state index contributed by atoms with van der Waals surface area (Å²) in [6.45, 7) is 2.69. The van der Waals surface area contributed by atoms with Crippen molar-refractivity contribution in [2.45, 2.75) is 18.9 Å². The highest BCUT2D eigenvalue weighted by Crippen LogP contribution is 2.40. The molecule has 2 aromatic carbocycles. The smallest absolute Gasteiger partial charge is 0.261 e. The molecule has 1 aliphatic heterocycles. The maximum absolute atomic E-state index is 13.2. The first-order valence-electron chi connectivity index (χ1n) is 10.4. The Hall–Kier alpha value is -3.03. The molecular formula is C24H23FN4OS. The molecule has 1 saturated heterocycles. The third-order valence-corrected chi connectivity index (χ3v) is 7.07. The van der Waals surface area contributed by atoms with Gasteiger partial charge in [0.15, 0.2) is 0 Å². The van der Waals surface area contributed by atoms with Gasteiger partial charge in [-0.2, -0.15) is 5.10 Å². The van der Waals surface area contributed by atoms with Gasteiger partial charge >= 0.3 is 0 Å². The van der Waals surface area contributed by atoms with Crippen molar-refractivity contribution in [1.29, 1.82) is 0 Å². The van der Waals surface area contributed by atoms with E-state index in [1.807, 2.05) is 24.5 Å². The average molecular weight is 435 g/mol. The Labute approximate surface area is 184 Å². The lowest BCUT2D eigenvalue weighted by atomic mass is 9.95. The highest BCUT2D eigenvalue weighted by Gasteiger charge is 2.30. The van der Waals surface area contributed by atoms with Crippen LogP contribution in [0.15, 0.2) is 60.9 Å². The van der Waals surface area contributed by atoms with E-state index < -0.39 is 0 Å².